The monoisotopic (exact) mass is 656 g/mol. The van der Waals surface area contributed by atoms with Crippen LogP contribution >= 0.6 is 0 Å². The van der Waals surface area contributed by atoms with Gasteiger partial charge in [-0.25, -0.2) is 4.79 Å². The number of carbonyl (C=O) groups excluding carboxylic acids is 2. The lowest BCUT2D eigenvalue weighted by Crippen LogP contribution is -2.44. The third-order valence-electron chi connectivity index (χ3n) is 8.43. The van der Waals surface area contributed by atoms with Crippen molar-refractivity contribution < 1.29 is 33.3 Å². The summed E-state index contributed by atoms with van der Waals surface area (Å²) in [4.78, 5) is 31.7. The van der Waals surface area contributed by atoms with Crippen molar-refractivity contribution >= 4 is 17.6 Å². The molecule has 3 aromatic carbocycles. The van der Waals surface area contributed by atoms with Crippen molar-refractivity contribution in [2.24, 2.45) is 0 Å². The maximum atomic E-state index is 14.8. The van der Waals surface area contributed by atoms with Gasteiger partial charge in [-0.3, -0.25) is 4.79 Å². The van der Waals surface area contributed by atoms with Gasteiger partial charge in [-0.05, 0) is 86.6 Å². The molecule has 0 unspecified atom stereocenters. The second kappa shape index (κ2) is 15.6. The standard InChI is InChI=1S/C39H48N2O7/c1-39(2,3)48-38(43)40-18-17-33(34-23-29(13-16-36(34)46-6)28-11-8-7-9-12-28)35(26-40)37(42)41(30-14-15-30)25-27-21-31(45-5)24-32(22-27)47-20-10-19-44-4/h7-9,11-13,16,21-24,30H,10,14-15,17-20,25-26H2,1-6H3. The van der Waals surface area contributed by atoms with Gasteiger partial charge in [-0.15, -0.1) is 0 Å². The van der Waals surface area contributed by atoms with Gasteiger partial charge in [0, 0.05) is 56.5 Å². The van der Waals surface area contributed by atoms with Gasteiger partial charge in [0.1, 0.15) is 22.8 Å². The predicted octanol–water partition coefficient (Wildman–Crippen LogP) is 7.37. The first-order chi connectivity index (χ1) is 23.1. The van der Waals surface area contributed by atoms with Crippen LogP contribution in [-0.2, 0) is 20.8 Å². The van der Waals surface area contributed by atoms with E-state index >= 15 is 0 Å². The zero-order valence-electron chi connectivity index (χ0n) is 29.0. The minimum Gasteiger partial charge on any atom is -0.497 e. The number of hydrogen-bond donors (Lipinski definition) is 0. The fourth-order valence-corrected chi connectivity index (χ4v) is 5.93. The largest absolute Gasteiger partial charge is 0.497 e. The van der Waals surface area contributed by atoms with Crippen molar-refractivity contribution in [2.75, 3.05) is 47.6 Å². The smallest absolute Gasteiger partial charge is 0.410 e. The van der Waals surface area contributed by atoms with E-state index in [4.69, 9.17) is 23.7 Å². The highest BCUT2D eigenvalue weighted by Crippen LogP contribution is 2.39. The molecule has 2 aliphatic rings. The van der Waals surface area contributed by atoms with Crippen LogP contribution in [0.25, 0.3) is 16.7 Å². The number of nitrogens with zero attached hydrogens (tertiary/aromatic N) is 2. The van der Waals surface area contributed by atoms with Crippen LogP contribution in [0.3, 0.4) is 0 Å². The minimum absolute atomic E-state index is 0.0953. The highest BCUT2D eigenvalue weighted by atomic mass is 16.6. The Morgan fingerprint density at radius 1 is 0.875 bits per heavy atom. The van der Waals surface area contributed by atoms with Crippen molar-refractivity contribution in [1.82, 2.24) is 9.80 Å². The Morgan fingerprint density at radius 3 is 2.29 bits per heavy atom. The van der Waals surface area contributed by atoms with Gasteiger partial charge in [-0.1, -0.05) is 36.4 Å². The average molecular weight is 657 g/mol. The molecule has 2 amide bonds. The molecular weight excluding hydrogens is 608 g/mol. The molecular formula is C39H48N2O7. The fourth-order valence-electron chi connectivity index (χ4n) is 5.93. The molecule has 256 valence electrons. The zero-order chi connectivity index (χ0) is 34.3. The van der Waals surface area contributed by atoms with Gasteiger partial charge >= 0.3 is 6.09 Å². The first-order valence-corrected chi connectivity index (χ1v) is 16.6. The first-order valence-electron chi connectivity index (χ1n) is 16.6. The van der Waals surface area contributed by atoms with Crippen molar-refractivity contribution in [1.29, 1.82) is 0 Å². The molecule has 0 aromatic heterocycles. The van der Waals surface area contributed by atoms with Gasteiger partial charge in [0.2, 0.25) is 0 Å². The predicted molar refractivity (Wildman–Crippen MR) is 186 cm³/mol. The lowest BCUT2D eigenvalue weighted by atomic mass is 9.89. The summed E-state index contributed by atoms with van der Waals surface area (Å²) < 4.78 is 28.4. The average Bonchev–Trinajstić information content (AvgIpc) is 3.93. The van der Waals surface area contributed by atoms with Crippen molar-refractivity contribution in [3.05, 3.63) is 83.4 Å². The van der Waals surface area contributed by atoms with Gasteiger partial charge < -0.3 is 33.5 Å². The van der Waals surface area contributed by atoms with E-state index in [-0.39, 0.29) is 18.5 Å². The normalized spacial score (nSPS) is 14.8. The number of ether oxygens (including phenoxy) is 5. The molecule has 0 atom stereocenters. The first kappa shape index (κ1) is 34.8. The SMILES string of the molecule is COCCCOc1cc(CN(C(=O)C2=C(c3cc(-c4ccccc4)ccc3OC)CCN(C(=O)OC(C)(C)C)C2)C2CC2)cc(OC)c1. The summed E-state index contributed by atoms with van der Waals surface area (Å²) in [7, 11) is 4.94. The summed E-state index contributed by atoms with van der Waals surface area (Å²) in [5, 5.41) is 0. The summed E-state index contributed by atoms with van der Waals surface area (Å²) in [6, 6.07) is 22.1. The van der Waals surface area contributed by atoms with Gasteiger partial charge in [-0.2, -0.15) is 0 Å². The van der Waals surface area contributed by atoms with E-state index in [2.05, 4.69) is 18.2 Å². The van der Waals surface area contributed by atoms with E-state index < -0.39 is 11.7 Å². The third kappa shape index (κ3) is 8.89. The Balaban J connectivity index is 1.54. The van der Waals surface area contributed by atoms with Crippen LogP contribution in [-0.4, -0.2) is 81.1 Å². The van der Waals surface area contributed by atoms with Crippen molar-refractivity contribution in [3.63, 3.8) is 0 Å². The summed E-state index contributed by atoms with van der Waals surface area (Å²) in [5.74, 6) is 1.92. The van der Waals surface area contributed by atoms with E-state index in [1.807, 2.05) is 74.2 Å². The molecule has 48 heavy (non-hydrogen) atoms. The van der Waals surface area contributed by atoms with E-state index in [9.17, 15) is 9.59 Å². The highest BCUT2D eigenvalue weighted by molar-refractivity contribution is 6.03. The molecule has 9 nitrogen and oxygen atoms in total. The fraction of sp³-hybridized carbons (Fsp3) is 0.436. The van der Waals surface area contributed by atoms with Gasteiger partial charge in [0.05, 0.1) is 27.4 Å². The molecule has 1 saturated carbocycles. The lowest BCUT2D eigenvalue weighted by Gasteiger charge is -2.35. The summed E-state index contributed by atoms with van der Waals surface area (Å²) in [6.07, 6.45) is 2.64. The van der Waals surface area contributed by atoms with Crippen LogP contribution in [0.1, 0.15) is 57.6 Å². The summed E-state index contributed by atoms with van der Waals surface area (Å²) in [5.41, 5.74) is 4.65. The Labute approximate surface area is 284 Å². The molecule has 3 aromatic rings. The molecule has 0 N–H and O–H groups in total. The van der Waals surface area contributed by atoms with Crippen LogP contribution in [0, 0.1) is 0 Å². The number of methoxy groups -OCH3 is 3. The topological polar surface area (TPSA) is 86.8 Å². The van der Waals surface area contributed by atoms with E-state index in [1.165, 1.54) is 0 Å². The molecule has 0 spiro atoms. The van der Waals surface area contributed by atoms with Crippen molar-refractivity contribution in [2.45, 2.75) is 64.6 Å². The number of hydrogen-bond acceptors (Lipinski definition) is 7. The van der Waals surface area contributed by atoms with Crippen LogP contribution in [0.4, 0.5) is 4.79 Å². The maximum Gasteiger partial charge on any atom is 0.410 e. The molecule has 1 aliphatic heterocycles. The van der Waals surface area contributed by atoms with Crippen LogP contribution < -0.4 is 14.2 Å². The molecule has 0 saturated heterocycles. The van der Waals surface area contributed by atoms with Crippen LogP contribution in [0.2, 0.25) is 0 Å². The molecule has 5 rings (SSSR count). The molecule has 0 radical (unpaired) electrons. The maximum absolute atomic E-state index is 14.8. The molecule has 0 bridgehead atoms. The Hall–Kier alpha value is -4.50. The highest BCUT2D eigenvalue weighted by Gasteiger charge is 2.38. The number of amides is 2. The van der Waals surface area contributed by atoms with E-state index in [0.717, 1.165) is 47.1 Å². The number of benzene rings is 3. The minimum atomic E-state index is -0.658. The quantitative estimate of drug-likeness (QED) is 0.178. The van der Waals surface area contributed by atoms with E-state index in [1.54, 1.807) is 26.2 Å². The molecule has 1 heterocycles. The van der Waals surface area contributed by atoms with Crippen LogP contribution in [0.15, 0.2) is 72.3 Å². The second-order valence-electron chi connectivity index (χ2n) is 13.3. The molecule has 1 aliphatic carbocycles. The Kier molecular flexibility index (Phi) is 11.3. The van der Waals surface area contributed by atoms with Gasteiger partial charge in [0.25, 0.3) is 5.91 Å². The number of rotatable bonds is 13. The van der Waals surface area contributed by atoms with Crippen molar-refractivity contribution in [3.8, 4) is 28.4 Å². The molecule has 9 heteroatoms. The third-order valence-corrected chi connectivity index (χ3v) is 8.43. The zero-order valence-corrected chi connectivity index (χ0v) is 29.0. The van der Waals surface area contributed by atoms with Crippen LogP contribution in [0.5, 0.6) is 17.2 Å². The summed E-state index contributed by atoms with van der Waals surface area (Å²) >= 11 is 0. The number of carbonyl (C=O) groups is 2. The van der Waals surface area contributed by atoms with E-state index in [0.29, 0.717) is 55.5 Å². The lowest BCUT2D eigenvalue weighted by molar-refractivity contribution is -0.128. The second-order valence-corrected chi connectivity index (χ2v) is 13.3. The summed E-state index contributed by atoms with van der Waals surface area (Å²) in [6.45, 7) is 7.59. The Bertz CT molecular complexity index is 1610. The Morgan fingerprint density at radius 2 is 1.62 bits per heavy atom. The van der Waals surface area contributed by atoms with Gasteiger partial charge in [0.15, 0.2) is 0 Å². The molecule has 1 fully saturated rings.